The molecule has 0 amide bonds. The van der Waals surface area contributed by atoms with Gasteiger partial charge in [0.1, 0.15) is 0 Å². The first-order valence-electron chi connectivity index (χ1n) is 4.48. The van der Waals surface area contributed by atoms with E-state index in [0.717, 1.165) is 10.8 Å². The van der Waals surface area contributed by atoms with Crippen LogP contribution < -0.4 is 10.7 Å². The Morgan fingerprint density at radius 2 is 2.14 bits per heavy atom. The van der Waals surface area contributed by atoms with Gasteiger partial charge in [-0.15, -0.1) is 0 Å². The Morgan fingerprint density at radius 1 is 1.29 bits per heavy atom. The number of anilines is 1. The Kier molecular flexibility index (Phi) is 1.52. The molecule has 14 heavy (non-hydrogen) atoms. The molecule has 1 atom stereocenters. The Labute approximate surface area is 87.4 Å². The molecule has 0 bridgehead atoms. The maximum atomic E-state index is 5.23. The molecule has 1 aromatic rings. The predicted molar refractivity (Wildman–Crippen MR) is 59.5 cm³/mol. The average molecular weight is 203 g/mol. The van der Waals surface area contributed by atoms with Gasteiger partial charge in [-0.2, -0.15) is 0 Å². The van der Waals surface area contributed by atoms with Crippen molar-refractivity contribution in [2.75, 3.05) is 5.32 Å². The third-order valence-corrected chi connectivity index (χ3v) is 2.81. The topological polar surface area (TPSA) is 27.3 Å². The summed E-state index contributed by atoms with van der Waals surface area (Å²) in [6.45, 7) is 0. The van der Waals surface area contributed by atoms with Crippen LogP contribution in [0.1, 0.15) is 11.6 Å². The molecule has 0 saturated heterocycles. The Bertz CT molecular complexity index is 427. The van der Waals surface area contributed by atoms with E-state index in [1.54, 1.807) is 0 Å². The van der Waals surface area contributed by atoms with Crippen LogP contribution in [0.15, 0.2) is 36.5 Å². The van der Waals surface area contributed by atoms with Crippen molar-refractivity contribution in [1.82, 2.24) is 10.4 Å². The molecule has 0 radical (unpaired) electrons. The Morgan fingerprint density at radius 3 is 3.07 bits per heavy atom. The van der Waals surface area contributed by atoms with Gasteiger partial charge in [0.25, 0.3) is 0 Å². The highest BCUT2D eigenvalue weighted by Gasteiger charge is 2.30. The minimum absolute atomic E-state index is 0.236. The number of thiocarbonyl (C=S) groups is 1. The van der Waals surface area contributed by atoms with Gasteiger partial charge in [-0.3, -0.25) is 5.01 Å². The zero-order valence-electron chi connectivity index (χ0n) is 7.40. The fourth-order valence-electron chi connectivity index (χ4n) is 1.85. The highest BCUT2D eigenvalue weighted by Crippen LogP contribution is 2.34. The van der Waals surface area contributed by atoms with E-state index >= 15 is 0 Å². The lowest BCUT2D eigenvalue weighted by molar-refractivity contribution is 0.338. The van der Waals surface area contributed by atoms with Crippen molar-refractivity contribution in [2.45, 2.75) is 6.04 Å². The van der Waals surface area contributed by atoms with E-state index in [0.29, 0.717) is 0 Å². The largest absolute Gasteiger partial charge is 0.331 e. The number of hydrogen-bond acceptors (Lipinski definition) is 2. The lowest BCUT2D eigenvalue weighted by Gasteiger charge is -2.33. The number of rotatable bonds is 0. The van der Waals surface area contributed by atoms with Crippen LogP contribution in [0.2, 0.25) is 0 Å². The number of hydrogen-bond donors (Lipinski definition) is 2. The first-order chi connectivity index (χ1) is 6.86. The van der Waals surface area contributed by atoms with Gasteiger partial charge >= 0.3 is 0 Å². The summed E-state index contributed by atoms with van der Waals surface area (Å²) in [5, 5.41) is 5.85. The first-order valence-corrected chi connectivity index (χ1v) is 4.89. The maximum Gasteiger partial charge on any atom is 0.193 e. The second-order valence-corrected chi connectivity index (χ2v) is 3.71. The van der Waals surface area contributed by atoms with Crippen LogP contribution in [0.3, 0.4) is 0 Å². The molecule has 0 unspecified atom stereocenters. The number of benzene rings is 1. The molecule has 1 aromatic carbocycles. The maximum absolute atomic E-state index is 5.23. The van der Waals surface area contributed by atoms with Gasteiger partial charge in [-0.25, -0.2) is 0 Å². The molecule has 3 rings (SSSR count). The van der Waals surface area contributed by atoms with E-state index in [-0.39, 0.29) is 6.04 Å². The molecule has 70 valence electrons. The normalized spacial score (nSPS) is 22.4. The van der Waals surface area contributed by atoms with E-state index in [1.807, 2.05) is 29.4 Å². The quantitative estimate of drug-likeness (QED) is 0.628. The number of nitrogens with one attached hydrogen (secondary N) is 2. The van der Waals surface area contributed by atoms with Gasteiger partial charge in [0.2, 0.25) is 0 Å². The van der Waals surface area contributed by atoms with Crippen molar-refractivity contribution in [2.24, 2.45) is 0 Å². The lowest BCUT2D eigenvalue weighted by Crippen LogP contribution is -2.44. The summed E-state index contributed by atoms with van der Waals surface area (Å²) in [7, 11) is 0. The summed E-state index contributed by atoms with van der Waals surface area (Å²) in [6, 6.07) is 8.44. The van der Waals surface area contributed by atoms with Gasteiger partial charge in [0.15, 0.2) is 5.11 Å². The highest BCUT2D eigenvalue weighted by atomic mass is 32.1. The van der Waals surface area contributed by atoms with Crippen LogP contribution in [0, 0.1) is 0 Å². The molecule has 0 spiro atoms. The molecular formula is C10H9N3S. The molecule has 0 fully saturated rings. The summed E-state index contributed by atoms with van der Waals surface area (Å²) in [6.07, 6.45) is 4.02. The van der Waals surface area contributed by atoms with E-state index < -0.39 is 0 Å². The van der Waals surface area contributed by atoms with Gasteiger partial charge < -0.3 is 10.7 Å². The van der Waals surface area contributed by atoms with Crippen LogP contribution in [0.25, 0.3) is 0 Å². The number of para-hydroxylation sites is 1. The van der Waals surface area contributed by atoms with Crippen LogP contribution in [0.5, 0.6) is 0 Å². The first kappa shape index (κ1) is 7.82. The number of hydrazine groups is 1. The molecule has 4 heteroatoms. The standard InChI is InChI=1S/C10H9N3S/c14-10-12-8-4-2-1-3-7(8)9-5-6-11-13(9)10/h1-6,9,11H,(H,12,14)/t9-/m1/s1. The Hall–Kier alpha value is -1.55. The van der Waals surface area contributed by atoms with Crippen LogP contribution in [-0.4, -0.2) is 10.1 Å². The third-order valence-electron chi connectivity index (χ3n) is 2.51. The third kappa shape index (κ3) is 0.943. The van der Waals surface area contributed by atoms with E-state index in [2.05, 4.69) is 22.9 Å². The monoisotopic (exact) mass is 203 g/mol. The molecule has 0 aliphatic carbocycles. The van der Waals surface area contributed by atoms with Crippen LogP contribution in [-0.2, 0) is 0 Å². The minimum atomic E-state index is 0.236. The van der Waals surface area contributed by atoms with Crippen molar-refractivity contribution in [1.29, 1.82) is 0 Å². The minimum Gasteiger partial charge on any atom is -0.331 e. The highest BCUT2D eigenvalue weighted by molar-refractivity contribution is 7.80. The van der Waals surface area contributed by atoms with Gasteiger partial charge in [0, 0.05) is 17.5 Å². The second kappa shape index (κ2) is 2.72. The molecule has 2 aliphatic heterocycles. The fourth-order valence-corrected chi connectivity index (χ4v) is 2.13. The average Bonchev–Trinajstić information content (AvgIpc) is 2.67. The molecule has 0 aromatic heterocycles. The Balaban J connectivity index is 2.15. The summed E-state index contributed by atoms with van der Waals surface area (Å²) >= 11 is 5.23. The van der Waals surface area contributed by atoms with Crippen molar-refractivity contribution in [3.05, 3.63) is 42.1 Å². The van der Waals surface area contributed by atoms with E-state index in [1.165, 1.54) is 5.56 Å². The molecule has 2 aliphatic rings. The molecule has 2 N–H and O–H groups in total. The molecule has 3 nitrogen and oxygen atoms in total. The van der Waals surface area contributed by atoms with Crippen LogP contribution in [0.4, 0.5) is 5.69 Å². The SMILES string of the molecule is S=C1Nc2ccccc2[C@H]2C=CNN12. The predicted octanol–water partition coefficient (Wildman–Crippen LogP) is 1.77. The molecule has 2 heterocycles. The number of fused-ring (bicyclic) bond motifs is 3. The van der Waals surface area contributed by atoms with Gasteiger partial charge in [-0.1, -0.05) is 18.2 Å². The second-order valence-electron chi connectivity index (χ2n) is 3.32. The zero-order valence-corrected chi connectivity index (χ0v) is 8.21. The van der Waals surface area contributed by atoms with Gasteiger partial charge in [-0.05, 0) is 24.4 Å². The van der Waals surface area contributed by atoms with Crippen molar-refractivity contribution >= 4 is 23.0 Å². The molecular weight excluding hydrogens is 194 g/mol. The number of nitrogens with zero attached hydrogens (tertiary/aromatic N) is 1. The summed E-state index contributed by atoms with van der Waals surface area (Å²) in [5.41, 5.74) is 5.45. The summed E-state index contributed by atoms with van der Waals surface area (Å²) < 4.78 is 0. The summed E-state index contributed by atoms with van der Waals surface area (Å²) in [5.74, 6) is 0. The zero-order chi connectivity index (χ0) is 9.54. The van der Waals surface area contributed by atoms with E-state index in [9.17, 15) is 0 Å². The fraction of sp³-hybridized carbons (Fsp3) is 0.100. The summed E-state index contributed by atoms with van der Waals surface area (Å²) in [4.78, 5) is 0. The van der Waals surface area contributed by atoms with Crippen LogP contribution >= 0.6 is 12.2 Å². The van der Waals surface area contributed by atoms with Crippen molar-refractivity contribution in [3.63, 3.8) is 0 Å². The van der Waals surface area contributed by atoms with Crippen molar-refractivity contribution in [3.8, 4) is 0 Å². The molecule has 0 saturated carbocycles. The lowest BCUT2D eigenvalue weighted by atomic mass is 10.0. The smallest absolute Gasteiger partial charge is 0.193 e. The van der Waals surface area contributed by atoms with E-state index in [4.69, 9.17) is 12.2 Å². The van der Waals surface area contributed by atoms with Crippen molar-refractivity contribution < 1.29 is 0 Å². The van der Waals surface area contributed by atoms with Gasteiger partial charge in [0.05, 0.1) is 6.04 Å².